The molecular weight excluding hydrogens is 445 g/mol. The second kappa shape index (κ2) is 6.73. The molecule has 2 N–H and O–H groups in total. The number of aromatic nitrogens is 1. The summed E-state index contributed by atoms with van der Waals surface area (Å²) in [5.74, 6) is -0.170. The lowest BCUT2D eigenvalue weighted by Crippen LogP contribution is -2.59. The minimum atomic E-state index is -5.08. The number of fused-ring (bicyclic) bond motifs is 3. The number of hydrogen-bond acceptors (Lipinski definition) is 5. The summed E-state index contributed by atoms with van der Waals surface area (Å²) in [6.45, 7) is 1.74. The highest BCUT2D eigenvalue weighted by molar-refractivity contribution is 6.31. The monoisotopic (exact) mass is 463 g/mol. The van der Waals surface area contributed by atoms with Crippen molar-refractivity contribution in [3.05, 3.63) is 69.5 Å². The summed E-state index contributed by atoms with van der Waals surface area (Å²) in [4.78, 5) is 4.33. The largest absolute Gasteiger partial charge is 0.758 e. The minimum absolute atomic E-state index is 0.0308. The number of hydrogen-bond donors (Lipinski definition) is 2. The van der Waals surface area contributed by atoms with Crippen molar-refractivity contribution in [1.82, 2.24) is 4.98 Å². The summed E-state index contributed by atoms with van der Waals surface area (Å²) >= 11 is 6.17. The molecule has 0 aliphatic heterocycles. The van der Waals surface area contributed by atoms with E-state index in [0.29, 0.717) is 35.0 Å². The van der Waals surface area contributed by atoms with Crippen molar-refractivity contribution >= 4 is 28.2 Å². The van der Waals surface area contributed by atoms with Gasteiger partial charge in [0.1, 0.15) is 5.75 Å². The van der Waals surface area contributed by atoms with E-state index in [2.05, 4.69) is 4.98 Å². The molecule has 3 aromatic rings. The maximum absolute atomic E-state index is 14.3. The summed E-state index contributed by atoms with van der Waals surface area (Å²) < 4.78 is 43.0. The van der Waals surface area contributed by atoms with Crippen molar-refractivity contribution < 1.29 is 23.4 Å². The first kappa shape index (κ1) is 21.3. The van der Waals surface area contributed by atoms with E-state index in [-0.39, 0.29) is 27.1 Å². The van der Waals surface area contributed by atoms with Crippen molar-refractivity contribution in [1.29, 1.82) is 0 Å². The Labute approximate surface area is 186 Å². The van der Waals surface area contributed by atoms with E-state index < -0.39 is 29.7 Å². The van der Waals surface area contributed by atoms with E-state index in [9.17, 15) is 28.6 Å². The first-order valence-corrected chi connectivity index (χ1v) is 10.5. The maximum atomic E-state index is 14.3. The quantitative estimate of drug-likeness (QED) is 0.478. The number of aryl methyl sites for hydroxylation is 1. The van der Waals surface area contributed by atoms with Crippen LogP contribution in [0, 0.1) is 12.1 Å². The van der Waals surface area contributed by atoms with Crippen LogP contribution in [0.4, 0.5) is 18.9 Å². The van der Waals surface area contributed by atoms with E-state index in [1.807, 2.05) is 0 Å². The molecule has 9 heteroatoms. The number of pyridine rings is 1. The number of hydroxylamine groups is 1. The molecule has 0 radical (unpaired) electrons. The standard InChI is InChI=1S/C23H19ClF3N2O3/c1-12-5-6-14-16(28-12)9-13(24)10-17(14)29(32)20-15-3-2-4-18(30)19(15)21(7-8-21)11-22(20,31)23(25,26)27/h2-6,9-10,20,30-31H,7-8,11H2,1H3/q-1/t20-,22-/m0/s1. The second-order valence-electron chi connectivity index (χ2n) is 8.79. The lowest BCUT2D eigenvalue weighted by molar-refractivity contribution is -0.276. The number of anilines is 1. The number of alkyl halides is 3. The zero-order valence-electron chi connectivity index (χ0n) is 16.9. The molecule has 2 aliphatic rings. The Hall–Kier alpha value is -2.55. The Morgan fingerprint density at radius 2 is 1.91 bits per heavy atom. The predicted molar refractivity (Wildman–Crippen MR) is 115 cm³/mol. The van der Waals surface area contributed by atoms with E-state index in [1.165, 1.54) is 30.3 Å². The number of benzene rings is 2. The van der Waals surface area contributed by atoms with Gasteiger partial charge in [0.05, 0.1) is 11.6 Å². The van der Waals surface area contributed by atoms with E-state index >= 15 is 0 Å². The summed E-state index contributed by atoms with van der Waals surface area (Å²) in [5.41, 5.74) is -3.17. The lowest BCUT2D eigenvalue weighted by Gasteiger charge is -2.53. The first-order valence-electron chi connectivity index (χ1n) is 10.1. The van der Waals surface area contributed by atoms with Crippen LogP contribution in [0.2, 0.25) is 5.02 Å². The molecule has 1 spiro atoms. The van der Waals surface area contributed by atoms with E-state index in [1.54, 1.807) is 19.1 Å². The topological polar surface area (TPSA) is 79.7 Å². The molecular formula is C23H19ClF3N2O3-. The fourth-order valence-corrected chi connectivity index (χ4v) is 5.29. The molecule has 5 nitrogen and oxygen atoms in total. The highest BCUT2D eigenvalue weighted by atomic mass is 35.5. The van der Waals surface area contributed by atoms with Gasteiger partial charge < -0.3 is 20.5 Å². The summed E-state index contributed by atoms with van der Waals surface area (Å²) in [6.07, 6.45) is -4.99. The van der Waals surface area contributed by atoms with Crippen molar-refractivity contribution in [2.45, 2.75) is 49.4 Å². The maximum Gasteiger partial charge on any atom is 0.419 e. The normalized spacial score (nSPS) is 23.9. The van der Waals surface area contributed by atoms with Crippen LogP contribution >= 0.6 is 11.6 Å². The summed E-state index contributed by atoms with van der Waals surface area (Å²) in [6, 6.07) is 8.15. The van der Waals surface area contributed by atoms with Crippen LogP contribution in [-0.2, 0) is 5.41 Å². The van der Waals surface area contributed by atoms with Gasteiger partial charge in [-0.1, -0.05) is 23.7 Å². The lowest BCUT2D eigenvalue weighted by atomic mass is 9.68. The third-order valence-corrected chi connectivity index (χ3v) is 6.88. The van der Waals surface area contributed by atoms with Gasteiger partial charge in [-0.05, 0) is 62.1 Å². The Kier molecular flexibility index (Phi) is 4.48. The molecule has 2 aliphatic carbocycles. The molecule has 1 aromatic heterocycles. The van der Waals surface area contributed by atoms with Crippen molar-refractivity contribution in [3.63, 3.8) is 0 Å². The fourth-order valence-electron chi connectivity index (χ4n) is 5.08. The van der Waals surface area contributed by atoms with Gasteiger partial charge in [-0.3, -0.25) is 4.98 Å². The summed E-state index contributed by atoms with van der Waals surface area (Å²) in [7, 11) is 0. The summed E-state index contributed by atoms with van der Waals surface area (Å²) in [5, 5.41) is 35.9. The predicted octanol–water partition coefficient (Wildman–Crippen LogP) is 5.68. The first-order chi connectivity index (χ1) is 15.0. The Morgan fingerprint density at radius 1 is 1.19 bits per heavy atom. The highest BCUT2D eigenvalue weighted by Crippen LogP contribution is 2.66. The van der Waals surface area contributed by atoms with Crippen LogP contribution in [0.25, 0.3) is 10.9 Å². The van der Waals surface area contributed by atoms with Gasteiger partial charge in [0.15, 0.2) is 5.60 Å². The Morgan fingerprint density at radius 3 is 2.56 bits per heavy atom. The van der Waals surface area contributed by atoms with Gasteiger partial charge in [-0.25, -0.2) is 0 Å². The highest BCUT2D eigenvalue weighted by Gasteiger charge is 2.68. The number of phenolic OH excluding ortho intramolecular Hbond substituents is 1. The van der Waals surface area contributed by atoms with Crippen LogP contribution in [0.5, 0.6) is 5.75 Å². The van der Waals surface area contributed by atoms with Crippen LogP contribution in [0.15, 0.2) is 42.5 Å². The fraction of sp³-hybridized carbons (Fsp3) is 0.348. The smallest absolute Gasteiger partial charge is 0.419 e. The molecule has 32 heavy (non-hydrogen) atoms. The molecule has 1 fully saturated rings. The molecule has 2 atom stereocenters. The van der Waals surface area contributed by atoms with Crippen LogP contribution in [0.3, 0.4) is 0 Å². The Bertz CT molecular complexity index is 1240. The number of aromatic hydroxyl groups is 1. The number of aliphatic hydroxyl groups is 1. The zero-order chi connectivity index (χ0) is 23.1. The second-order valence-corrected chi connectivity index (χ2v) is 9.23. The van der Waals surface area contributed by atoms with Gasteiger partial charge >= 0.3 is 6.18 Å². The van der Waals surface area contributed by atoms with Gasteiger partial charge in [-0.2, -0.15) is 13.2 Å². The van der Waals surface area contributed by atoms with E-state index in [0.717, 1.165) is 0 Å². The SMILES string of the molecule is Cc1ccc2c(N([O-])[C@H]3c4cccc(O)c4C4(CC4)C[C@@]3(O)C(F)(F)F)cc(Cl)cc2n1. The Balaban J connectivity index is 1.77. The number of rotatable bonds is 2. The van der Waals surface area contributed by atoms with Crippen molar-refractivity contribution in [2.75, 3.05) is 5.06 Å². The molecule has 0 unspecified atom stereocenters. The average molecular weight is 464 g/mol. The molecule has 2 aromatic carbocycles. The molecule has 0 bridgehead atoms. The van der Waals surface area contributed by atoms with Crippen LogP contribution < -0.4 is 5.06 Å². The molecule has 0 saturated heterocycles. The molecule has 1 heterocycles. The molecule has 168 valence electrons. The third-order valence-electron chi connectivity index (χ3n) is 6.67. The van der Waals surface area contributed by atoms with Crippen LogP contribution in [-0.4, -0.2) is 27.0 Å². The molecule has 1 saturated carbocycles. The van der Waals surface area contributed by atoms with Crippen molar-refractivity contribution in [3.8, 4) is 5.75 Å². The van der Waals surface area contributed by atoms with Gasteiger partial charge in [0.2, 0.25) is 0 Å². The average Bonchev–Trinajstić information content (AvgIpc) is 3.45. The van der Waals surface area contributed by atoms with Gasteiger partial charge in [0.25, 0.3) is 0 Å². The van der Waals surface area contributed by atoms with Gasteiger partial charge in [0, 0.05) is 32.8 Å². The number of nitrogens with zero attached hydrogens (tertiary/aromatic N) is 2. The zero-order valence-corrected chi connectivity index (χ0v) is 17.7. The van der Waals surface area contributed by atoms with Crippen LogP contribution in [0.1, 0.15) is 42.1 Å². The van der Waals surface area contributed by atoms with Crippen molar-refractivity contribution in [2.24, 2.45) is 0 Å². The number of phenols is 1. The van der Waals surface area contributed by atoms with Gasteiger partial charge in [-0.15, -0.1) is 0 Å². The molecule has 5 rings (SSSR count). The van der Waals surface area contributed by atoms with E-state index in [4.69, 9.17) is 11.6 Å². The number of halogens is 4. The molecule has 0 amide bonds. The third kappa shape index (κ3) is 2.97. The minimum Gasteiger partial charge on any atom is -0.758 e.